The van der Waals surface area contributed by atoms with Crippen LogP contribution in [0.2, 0.25) is 0 Å². The van der Waals surface area contributed by atoms with Gasteiger partial charge in [0.1, 0.15) is 0 Å². The number of amides is 3. The molecule has 5 nitrogen and oxygen atoms in total. The number of carbonyl (C=O) groups is 2. The normalized spacial score (nSPS) is 9.68. The van der Waals surface area contributed by atoms with Gasteiger partial charge in [0.05, 0.1) is 5.69 Å². The molecule has 0 aliphatic carbocycles. The lowest BCUT2D eigenvalue weighted by atomic mass is 10.3. The third kappa shape index (κ3) is 3.10. The molecule has 5 heteroatoms. The third-order valence-electron chi connectivity index (χ3n) is 2.43. The van der Waals surface area contributed by atoms with Gasteiger partial charge in [0.15, 0.2) is 0 Å². The maximum atomic E-state index is 12.0. The molecule has 0 aromatic heterocycles. The first kappa shape index (κ1) is 12.6. The van der Waals surface area contributed by atoms with Crippen LogP contribution in [-0.4, -0.2) is 17.2 Å². The van der Waals surface area contributed by atoms with Crippen molar-refractivity contribution in [3.05, 3.63) is 60.7 Å². The van der Waals surface area contributed by atoms with Gasteiger partial charge in [-0.25, -0.2) is 9.59 Å². The predicted octanol–water partition coefficient (Wildman–Crippen LogP) is 3.40. The number of benzene rings is 2. The fraction of sp³-hybridized carbons (Fsp3) is 0. The zero-order valence-electron chi connectivity index (χ0n) is 9.98. The Kier molecular flexibility index (Phi) is 3.78. The summed E-state index contributed by atoms with van der Waals surface area (Å²) < 4.78 is 0. The minimum atomic E-state index is -1.33. The summed E-state index contributed by atoms with van der Waals surface area (Å²) in [7, 11) is 0. The van der Waals surface area contributed by atoms with Gasteiger partial charge in [-0.3, -0.25) is 0 Å². The summed E-state index contributed by atoms with van der Waals surface area (Å²) in [5.74, 6) is 0. The predicted molar refractivity (Wildman–Crippen MR) is 72.4 cm³/mol. The van der Waals surface area contributed by atoms with Gasteiger partial charge in [0.2, 0.25) is 0 Å². The zero-order chi connectivity index (χ0) is 13.7. The Hall–Kier alpha value is -2.82. The van der Waals surface area contributed by atoms with Crippen LogP contribution < -0.4 is 10.2 Å². The Morgan fingerprint density at radius 1 is 0.895 bits per heavy atom. The molecule has 3 amide bonds. The molecule has 2 aromatic rings. The van der Waals surface area contributed by atoms with E-state index in [2.05, 4.69) is 5.32 Å². The first-order chi connectivity index (χ1) is 9.18. The topological polar surface area (TPSA) is 69.6 Å². The van der Waals surface area contributed by atoms with Crippen LogP contribution in [0.25, 0.3) is 0 Å². The number of hydrogen-bond donors (Lipinski definition) is 2. The lowest BCUT2D eigenvalue weighted by Crippen LogP contribution is -2.39. The number of nitrogens with zero attached hydrogens (tertiary/aromatic N) is 1. The van der Waals surface area contributed by atoms with Gasteiger partial charge >= 0.3 is 12.1 Å². The van der Waals surface area contributed by atoms with Gasteiger partial charge in [-0.2, -0.15) is 4.90 Å². The van der Waals surface area contributed by atoms with E-state index in [1.54, 1.807) is 54.6 Å². The summed E-state index contributed by atoms with van der Waals surface area (Å²) in [5.41, 5.74) is 0.832. The SMILES string of the molecule is O=C(O)N(C(=O)Nc1ccccc1)c1ccccc1. The van der Waals surface area contributed by atoms with E-state index in [1.807, 2.05) is 6.07 Å². The molecule has 0 unspecified atom stereocenters. The Morgan fingerprint density at radius 3 is 1.95 bits per heavy atom. The molecule has 2 aromatic carbocycles. The number of rotatable bonds is 2. The van der Waals surface area contributed by atoms with E-state index in [-0.39, 0.29) is 0 Å². The highest BCUT2D eigenvalue weighted by atomic mass is 16.4. The first-order valence-electron chi connectivity index (χ1n) is 5.62. The maximum absolute atomic E-state index is 12.0. The molecule has 0 fully saturated rings. The zero-order valence-corrected chi connectivity index (χ0v) is 9.98. The molecule has 0 radical (unpaired) electrons. The highest BCUT2D eigenvalue weighted by Crippen LogP contribution is 2.15. The summed E-state index contributed by atoms with van der Waals surface area (Å²) in [6, 6.07) is 16.2. The van der Waals surface area contributed by atoms with Crippen molar-refractivity contribution < 1.29 is 14.7 Å². The van der Waals surface area contributed by atoms with Crippen LogP contribution in [-0.2, 0) is 0 Å². The van der Waals surface area contributed by atoms with Crippen LogP contribution >= 0.6 is 0 Å². The number of para-hydroxylation sites is 2. The van der Waals surface area contributed by atoms with Crippen LogP contribution in [0.3, 0.4) is 0 Å². The molecular weight excluding hydrogens is 244 g/mol. The second-order valence-electron chi connectivity index (χ2n) is 3.75. The quantitative estimate of drug-likeness (QED) is 0.865. The number of anilines is 2. The summed E-state index contributed by atoms with van der Waals surface area (Å²) in [6.45, 7) is 0. The Labute approximate surface area is 110 Å². The third-order valence-corrected chi connectivity index (χ3v) is 2.43. The fourth-order valence-electron chi connectivity index (χ4n) is 1.59. The molecule has 0 heterocycles. The van der Waals surface area contributed by atoms with E-state index in [9.17, 15) is 9.59 Å². The largest absolute Gasteiger partial charge is 0.464 e. The lowest BCUT2D eigenvalue weighted by molar-refractivity contribution is 0.201. The van der Waals surface area contributed by atoms with E-state index < -0.39 is 12.1 Å². The number of nitrogens with one attached hydrogen (secondary N) is 1. The molecule has 0 atom stereocenters. The van der Waals surface area contributed by atoms with E-state index >= 15 is 0 Å². The van der Waals surface area contributed by atoms with Crippen LogP contribution in [0.4, 0.5) is 21.0 Å². The highest BCUT2D eigenvalue weighted by molar-refractivity contribution is 6.15. The summed E-state index contributed by atoms with van der Waals surface area (Å²) >= 11 is 0. The van der Waals surface area contributed by atoms with E-state index in [0.29, 0.717) is 16.3 Å². The summed E-state index contributed by atoms with van der Waals surface area (Å²) in [5, 5.41) is 11.7. The van der Waals surface area contributed by atoms with E-state index in [1.165, 1.54) is 0 Å². The van der Waals surface area contributed by atoms with E-state index in [0.717, 1.165) is 0 Å². The van der Waals surface area contributed by atoms with Crippen molar-refractivity contribution in [2.75, 3.05) is 10.2 Å². The minimum absolute atomic E-state index is 0.295. The van der Waals surface area contributed by atoms with Crippen LogP contribution in [0.5, 0.6) is 0 Å². The van der Waals surface area contributed by atoms with Gasteiger partial charge in [-0.1, -0.05) is 36.4 Å². The van der Waals surface area contributed by atoms with Gasteiger partial charge in [0.25, 0.3) is 0 Å². The van der Waals surface area contributed by atoms with Crippen LogP contribution in [0.15, 0.2) is 60.7 Å². The molecule has 0 saturated heterocycles. The lowest BCUT2D eigenvalue weighted by Gasteiger charge is -2.17. The minimum Gasteiger partial charge on any atom is -0.464 e. The number of urea groups is 1. The molecule has 0 saturated carbocycles. The van der Waals surface area contributed by atoms with Crippen molar-refractivity contribution in [2.24, 2.45) is 0 Å². The molecule has 0 bridgehead atoms. The Balaban J connectivity index is 2.21. The average Bonchev–Trinajstić information content (AvgIpc) is 2.40. The Bertz CT molecular complexity index is 570. The highest BCUT2D eigenvalue weighted by Gasteiger charge is 2.22. The van der Waals surface area contributed by atoms with E-state index in [4.69, 9.17) is 5.11 Å². The standard InChI is InChI=1S/C14H12N2O3/c17-13(15-11-7-3-1-4-8-11)16(14(18)19)12-9-5-2-6-10-12/h1-10H,(H,15,17)(H,18,19). The van der Waals surface area contributed by atoms with Crippen molar-refractivity contribution in [3.8, 4) is 0 Å². The number of hydrogen-bond acceptors (Lipinski definition) is 2. The van der Waals surface area contributed by atoms with Crippen LogP contribution in [0.1, 0.15) is 0 Å². The summed E-state index contributed by atoms with van der Waals surface area (Å²) in [4.78, 5) is 23.8. The number of carbonyl (C=O) groups excluding carboxylic acids is 1. The first-order valence-corrected chi connectivity index (χ1v) is 5.62. The summed E-state index contributed by atoms with van der Waals surface area (Å²) in [6.07, 6.45) is -1.33. The second kappa shape index (κ2) is 5.68. The molecule has 2 rings (SSSR count). The average molecular weight is 256 g/mol. The van der Waals surface area contributed by atoms with Crippen molar-refractivity contribution in [1.82, 2.24) is 0 Å². The molecular formula is C14H12N2O3. The number of carboxylic acid groups (broad SMARTS) is 1. The van der Waals surface area contributed by atoms with Gasteiger partial charge in [-0.15, -0.1) is 0 Å². The fourth-order valence-corrected chi connectivity index (χ4v) is 1.59. The Morgan fingerprint density at radius 2 is 1.42 bits per heavy atom. The smallest absolute Gasteiger partial charge is 0.420 e. The van der Waals surface area contributed by atoms with Crippen LogP contribution in [0, 0.1) is 0 Å². The van der Waals surface area contributed by atoms with Crippen molar-refractivity contribution in [2.45, 2.75) is 0 Å². The van der Waals surface area contributed by atoms with Gasteiger partial charge in [0, 0.05) is 5.69 Å². The monoisotopic (exact) mass is 256 g/mol. The molecule has 96 valence electrons. The van der Waals surface area contributed by atoms with Crippen molar-refractivity contribution in [1.29, 1.82) is 0 Å². The molecule has 0 aliphatic heterocycles. The number of imide groups is 1. The van der Waals surface area contributed by atoms with Gasteiger partial charge < -0.3 is 10.4 Å². The molecule has 19 heavy (non-hydrogen) atoms. The van der Waals surface area contributed by atoms with Gasteiger partial charge in [-0.05, 0) is 24.3 Å². The molecule has 2 N–H and O–H groups in total. The van der Waals surface area contributed by atoms with Crippen molar-refractivity contribution in [3.63, 3.8) is 0 Å². The second-order valence-corrected chi connectivity index (χ2v) is 3.75. The molecule has 0 aliphatic rings. The maximum Gasteiger partial charge on any atom is 0.420 e. The van der Waals surface area contributed by atoms with Crippen molar-refractivity contribution >= 4 is 23.5 Å². The molecule has 0 spiro atoms.